The third-order valence-electron chi connectivity index (χ3n) is 10.2. The fraction of sp³-hybridized carbons (Fsp3) is 0.364. The molecule has 0 nitrogen and oxygen atoms in total. The highest BCUT2D eigenvalue weighted by atomic mass is 28.2. The molecule has 0 spiro atoms. The lowest BCUT2D eigenvalue weighted by atomic mass is 9.85. The van der Waals surface area contributed by atoms with Crippen LogP contribution in [-0.2, 0) is 10.8 Å². The van der Waals surface area contributed by atoms with E-state index in [0.29, 0.717) is 11.8 Å². The number of fused-ring (bicyclic) bond motifs is 2. The Balaban J connectivity index is 1.08. The molecule has 2 unspecified atom stereocenters. The molecule has 6 rings (SSSR count). The topological polar surface area (TPSA) is 0 Å². The second-order valence-electron chi connectivity index (χ2n) is 15.5. The molecule has 2 atom stereocenters. The maximum absolute atomic E-state index is 2.47. The van der Waals surface area contributed by atoms with Crippen LogP contribution in [0.5, 0.6) is 0 Å². The zero-order valence-corrected chi connectivity index (χ0v) is 29.7. The molecule has 2 radical (unpaired) electrons. The van der Waals surface area contributed by atoms with Crippen molar-refractivity contribution in [3.63, 3.8) is 0 Å². The zero-order valence-electron chi connectivity index (χ0n) is 28.7. The first-order valence-corrected chi connectivity index (χ1v) is 18.4. The lowest BCUT2D eigenvalue weighted by Crippen LogP contribution is -2.10. The Morgan fingerprint density at radius 2 is 0.889 bits per heavy atom. The van der Waals surface area contributed by atoms with Crippen molar-refractivity contribution in [3.8, 4) is 22.3 Å². The molecule has 0 aromatic heterocycles. The van der Waals surface area contributed by atoms with Gasteiger partial charge < -0.3 is 0 Å². The van der Waals surface area contributed by atoms with Gasteiger partial charge in [0.1, 0.15) is 0 Å². The second-order valence-corrected chi connectivity index (χ2v) is 17.0. The summed E-state index contributed by atoms with van der Waals surface area (Å²) in [6.45, 7) is 18.4. The highest BCUT2D eigenvalue weighted by Crippen LogP contribution is 2.45. The molecule has 1 heteroatoms. The molecule has 2 aliphatic carbocycles. The van der Waals surface area contributed by atoms with E-state index in [2.05, 4.69) is 152 Å². The Hall–Kier alpha value is -3.42. The van der Waals surface area contributed by atoms with Gasteiger partial charge in [0.05, 0.1) is 0 Å². The van der Waals surface area contributed by atoms with Crippen LogP contribution in [0.4, 0.5) is 0 Å². The average Bonchev–Trinajstić information content (AvgIpc) is 3.51. The Morgan fingerprint density at radius 1 is 0.511 bits per heavy atom. The van der Waals surface area contributed by atoms with Gasteiger partial charge in [-0.05, 0) is 93.2 Å². The summed E-state index contributed by atoms with van der Waals surface area (Å²) in [6.07, 6.45) is 7.44. The standard InChI is InChI=1S/C44H50Si/c1-29-27-41-37(31-15-19-33(20-16-31)43(3,4)5)11-9-13-39(41)35(29)23-25-45-26-24-36-30(2)28-42-38(12-10-14-40(36)42)32-17-21-34(22-18-32)44(6,7)8/h9-22,27-28,35-36H,23-26H2,1-8H3. The minimum atomic E-state index is 0.178. The number of rotatable bonds is 8. The molecule has 0 saturated heterocycles. The summed E-state index contributed by atoms with van der Waals surface area (Å²) in [6, 6.07) is 35.0. The van der Waals surface area contributed by atoms with Gasteiger partial charge in [-0.1, -0.05) is 162 Å². The maximum atomic E-state index is 2.47. The summed E-state index contributed by atoms with van der Waals surface area (Å²) in [5.41, 5.74) is 17.6. The number of benzene rings is 4. The third kappa shape index (κ3) is 6.47. The fourth-order valence-corrected chi connectivity index (χ4v) is 8.67. The van der Waals surface area contributed by atoms with Gasteiger partial charge in [0.2, 0.25) is 0 Å². The summed E-state index contributed by atoms with van der Waals surface area (Å²) < 4.78 is 0. The van der Waals surface area contributed by atoms with Crippen LogP contribution in [0.25, 0.3) is 34.4 Å². The van der Waals surface area contributed by atoms with Gasteiger partial charge in [-0.2, -0.15) is 0 Å². The zero-order chi connectivity index (χ0) is 31.9. The van der Waals surface area contributed by atoms with Gasteiger partial charge in [-0.25, -0.2) is 0 Å². The van der Waals surface area contributed by atoms with Crippen LogP contribution in [0.1, 0.15) is 113 Å². The summed E-state index contributed by atoms with van der Waals surface area (Å²) in [5, 5.41) is 0. The molecule has 0 heterocycles. The number of allylic oxidation sites excluding steroid dienone is 2. The van der Waals surface area contributed by atoms with Gasteiger partial charge in [0, 0.05) is 21.4 Å². The molecule has 0 aliphatic heterocycles. The van der Waals surface area contributed by atoms with Crippen molar-refractivity contribution in [2.75, 3.05) is 0 Å². The fourth-order valence-electron chi connectivity index (χ4n) is 7.43. The molecule has 0 amide bonds. The van der Waals surface area contributed by atoms with Crippen molar-refractivity contribution in [2.24, 2.45) is 0 Å². The van der Waals surface area contributed by atoms with Crippen molar-refractivity contribution in [3.05, 3.63) is 129 Å². The van der Waals surface area contributed by atoms with E-state index >= 15 is 0 Å². The molecule has 0 fully saturated rings. The van der Waals surface area contributed by atoms with Crippen molar-refractivity contribution >= 4 is 21.7 Å². The predicted molar refractivity (Wildman–Crippen MR) is 199 cm³/mol. The second kappa shape index (κ2) is 12.4. The Bertz CT molecular complexity index is 1600. The molecule has 2 aliphatic rings. The molecule has 0 saturated carbocycles. The molecule has 4 aromatic carbocycles. The molecular weight excluding hydrogens is 557 g/mol. The van der Waals surface area contributed by atoms with Gasteiger partial charge in [0.15, 0.2) is 0 Å². The summed E-state index contributed by atoms with van der Waals surface area (Å²) >= 11 is 0. The van der Waals surface area contributed by atoms with Crippen LogP contribution in [0.3, 0.4) is 0 Å². The largest absolute Gasteiger partial charge is 0.0652 e. The van der Waals surface area contributed by atoms with Crippen molar-refractivity contribution in [1.82, 2.24) is 0 Å². The predicted octanol–water partition coefficient (Wildman–Crippen LogP) is 12.6. The minimum absolute atomic E-state index is 0.178. The first-order valence-electron chi connectivity index (χ1n) is 17.0. The summed E-state index contributed by atoms with van der Waals surface area (Å²) in [5.74, 6) is 1.12. The molecule has 0 N–H and O–H groups in total. The SMILES string of the molecule is CC1=Cc2c(-c3ccc(C(C)(C)C)cc3)cccc2C1CC[Si]CCC1C(C)=Cc2c(-c3ccc(C(C)(C)C)cc3)cccc21. The number of hydrogen-bond donors (Lipinski definition) is 0. The third-order valence-corrected chi connectivity index (χ3v) is 11.5. The molecule has 4 aromatic rings. The lowest BCUT2D eigenvalue weighted by molar-refractivity contribution is 0.590. The minimum Gasteiger partial charge on any atom is -0.0652 e. The van der Waals surface area contributed by atoms with Crippen LogP contribution in [-0.4, -0.2) is 9.52 Å². The first-order chi connectivity index (χ1) is 21.4. The summed E-state index contributed by atoms with van der Waals surface area (Å²) in [4.78, 5) is 0. The van der Waals surface area contributed by atoms with Crippen LogP contribution < -0.4 is 0 Å². The highest BCUT2D eigenvalue weighted by molar-refractivity contribution is 6.35. The van der Waals surface area contributed by atoms with Crippen molar-refractivity contribution in [1.29, 1.82) is 0 Å². The van der Waals surface area contributed by atoms with E-state index in [-0.39, 0.29) is 10.8 Å². The normalized spacial score (nSPS) is 17.6. The van der Waals surface area contributed by atoms with Crippen LogP contribution >= 0.6 is 0 Å². The highest BCUT2D eigenvalue weighted by Gasteiger charge is 2.27. The van der Waals surface area contributed by atoms with Gasteiger partial charge in [0.25, 0.3) is 0 Å². The maximum Gasteiger partial charge on any atom is 0.0378 e. The van der Waals surface area contributed by atoms with E-state index in [1.807, 2.05) is 0 Å². The van der Waals surface area contributed by atoms with Gasteiger partial charge >= 0.3 is 0 Å². The average molecular weight is 607 g/mol. The van der Waals surface area contributed by atoms with Gasteiger partial charge in [-0.15, -0.1) is 0 Å². The van der Waals surface area contributed by atoms with Gasteiger partial charge in [-0.3, -0.25) is 0 Å². The van der Waals surface area contributed by atoms with E-state index in [1.54, 1.807) is 0 Å². The monoisotopic (exact) mass is 606 g/mol. The molecular formula is C44H50Si. The Labute approximate surface area is 275 Å². The van der Waals surface area contributed by atoms with E-state index < -0.39 is 0 Å². The van der Waals surface area contributed by atoms with E-state index in [1.165, 1.54) is 91.7 Å². The first kappa shape index (κ1) is 31.6. The molecule has 45 heavy (non-hydrogen) atoms. The van der Waals surface area contributed by atoms with Crippen LogP contribution in [0.15, 0.2) is 96.1 Å². The van der Waals surface area contributed by atoms with Crippen LogP contribution in [0.2, 0.25) is 12.1 Å². The quantitative estimate of drug-likeness (QED) is 0.138. The van der Waals surface area contributed by atoms with E-state index in [9.17, 15) is 0 Å². The van der Waals surface area contributed by atoms with E-state index in [0.717, 1.165) is 9.52 Å². The Kier molecular flexibility index (Phi) is 8.70. The van der Waals surface area contributed by atoms with Crippen molar-refractivity contribution < 1.29 is 0 Å². The molecule has 0 bridgehead atoms. The number of hydrogen-bond acceptors (Lipinski definition) is 0. The van der Waals surface area contributed by atoms with E-state index in [4.69, 9.17) is 0 Å². The smallest absolute Gasteiger partial charge is 0.0378 e. The lowest BCUT2D eigenvalue weighted by Gasteiger charge is -2.20. The van der Waals surface area contributed by atoms with Crippen LogP contribution in [0, 0.1) is 0 Å². The molecule has 230 valence electrons. The summed E-state index contributed by atoms with van der Waals surface area (Å²) in [7, 11) is 1.01. The Morgan fingerprint density at radius 3 is 1.24 bits per heavy atom. The van der Waals surface area contributed by atoms with Crippen molar-refractivity contribution in [2.45, 2.75) is 103 Å².